The normalized spacial score (nSPS) is 44.7. The van der Waals surface area contributed by atoms with E-state index in [4.69, 9.17) is 0 Å². The highest BCUT2D eigenvalue weighted by molar-refractivity contribution is 5.81. The van der Waals surface area contributed by atoms with E-state index in [-0.39, 0.29) is 52.3 Å². The number of rotatable bonds is 3. The molecule has 3 aromatic carbocycles. The Hall–Kier alpha value is -6.07. The third-order valence-corrected chi connectivity index (χ3v) is 31.4. The average molecular weight is 1250 g/mol. The predicted molar refractivity (Wildman–Crippen MR) is 372 cm³/mol. The van der Waals surface area contributed by atoms with Crippen LogP contribution in [0.4, 0.5) is 0 Å². The molecule has 19 aliphatic rings. The molecule has 0 aromatic heterocycles. The Bertz CT molecular complexity index is 4070. The molecular weight excluding hydrogens is 1150 g/mol. The first-order valence-electron chi connectivity index (χ1n) is 38.1. The lowest BCUT2D eigenvalue weighted by Crippen LogP contribution is -2.69. The summed E-state index contributed by atoms with van der Waals surface area (Å²) in [5, 5.41) is 62.7. The minimum Gasteiger partial charge on any atom is -0.516 e. The van der Waals surface area contributed by atoms with E-state index in [0.717, 1.165) is 114 Å². The van der Waals surface area contributed by atoms with Crippen molar-refractivity contribution < 1.29 is 25.2 Å². The van der Waals surface area contributed by atoms with Gasteiger partial charge in [-0.15, -0.1) is 11.8 Å². The molecule has 15 aliphatic carbocycles. The van der Waals surface area contributed by atoms with Crippen molar-refractivity contribution in [3.05, 3.63) is 183 Å². The Morgan fingerprint density at radius 1 is 0.723 bits per heavy atom. The number of nitrogens with one attached hydrogen (secondary N) is 2. The summed E-state index contributed by atoms with van der Waals surface area (Å²) in [5.74, 6) is 10.6. The lowest BCUT2D eigenvalue weighted by atomic mass is 9.29. The van der Waals surface area contributed by atoms with Crippen LogP contribution in [0.5, 0.6) is 0 Å². The number of carboxylic acid groups (broad SMARTS) is 1. The molecule has 3 aromatic rings. The smallest absolute Gasteiger partial charge is 0.307 e. The first-order chi connectivity index (χ1) is 46.0. The maximum Gasteiger partial charge on any atom is 0.307 e. The van der Waals surface area contributed by atoms with Gasteiger partial charge in [-0.25, -0.2) is 0 Å². The first kappa shape index (κ1) is 59.2. The summed E-state index contributed by atoms with van der Waals surface area (Å²) < 4.78 is 0. The zero-order valence-electron chi connectivity index (χ0n) is 55.5. The van der Waals surface area contributed by atoms with Gasteiger partial charge in [-0.05, 0) is 254 Å². The number of dihydropyridines is 1. The minimum atomic E-state index is -1.01. The maximum atomic E-state index is 15.5. The number of hydrogen-bond donors (Lipinski definition) is 6. The molecule has 7 heteroatoms. The lowest BCUT2D eigenvalue weighted by molar-refractivity contribution is -0.179. The van der Waals surface area contributed by atoms with Gasteiger partial charge in [0.15, 0.2) is 0 Å². The van der Waals surface area contributed by atoms with Gasteiger partial charge in [-0.3, -0.25) is 4.79 Å². The van der Waals surface area contributed by atoms with Crippen LogP contribution in [0.1, 0.15) is 202 Å². The third-order valence-electron chi connectivity index (χ3n) is 31.4. The quantitative estimate of drug-likeness (QED) is 0.0877. The zero-order chi connectivity index (χ0) is 63.0. The van der Waals surface area contributed by atoms with Crippen molar-refractivity contribution in [3.63, 3.8) is 0 Å². The van der Waals surface area contributed by atoms with Gasteiger partial charge >= 0.3 is 5.97 Å². The number of fused-ring (bicyclic) bond motifs is 8. The van der Waals surface area contributed by atoms with Crippen LogP contribution in [0.15, 0.2) is 156 Å². The average Bonchev–Trinajstić information content (AvgIpc) is 1.35. The van der Waals surface area contributed by atoms with Gasteiger partial charge in [0.1, 0.15) is 0 Å². The molecule has 4 spiro atoms. The molecule has 20 unspecified atom stereocenters. The van der Waals surface area contributed by atoms with Crippen LogP contribution < -0.4 is 21.1 Å². The second-order valence-electron chi connectivity index (χ2n) is 34.2. The number of aliphatic hydroxyl groups is 3. The lowest BCUT2D eigenvalue weighted by Gasteiger charge is -2.74. The van der Waals surface area contributed by atoms with Gasteiger partial charge in [0.05, 0.1) is 30.2 Å². The third kappa shape index (κ3) is 7.85. The molecule has 4 aliphatic heterocycles. The number of benzene rings is 3. The molecule has 94 heavy (non-hydrogen) atoms. The molecule has 0 radical (unpaired) electrons. The molecule has 22 rings (SSSR count). The number of carboxylic acids is 1. The summed E-state index contributed by atoms with van der Waals surface area (Å²) in [7, 11) is 0. The number of aliphatic carboxylic acids is 1. The van der Waals surface area contributed by atoms with Crippen molar-refractivity contribution in [2.75, 3.05) is 13.1 Å². The van der Waals surface area contributed by atoms with Gasteiger partial charge in [0.2, 0.25) is 0 Å². The van der Waals surface area contributed by atoms with E-state index in [0.29, 0.717) is 49.4 Å². The first-order valence-corrected chi connectivity index (χ1v) is 38.1. The molecule has 7 saturated carbocycles. The second-order valence-corrected chi connectivity index (χ2v) is 34.2. The van der Waals surface area contributed by atoms with E-state index in [1.54, 1.807) is 11.1 Å². The van der Waals surface area contributed by atoms with Crippen molar-refractivity contribution in [3.8, 4) is 11.8 Å². The van der Waals surface area contributed by atoms with Crippen molar-refractivity contribution in [2.45, 2.75) is 197 Å². The number of carbonyl (C=O) groups is 1. The highest BCUT2D eigenvalue weighted by atomic mass is 16.4. The van der Waals surface area contributed by atoms with Crippen LogP contribution in [0.25, 0.3) is 17.2 Å². The van der Waals surface area contributed by atoms with Crippen molar-refractivity contribution in [1.29, 1.82) is 0 Å². The van der Waals surface area contributed by atoms with E-state index in [1.807, 2.05) is 0 Å². The van der Waals surface area contributed by atoms with E-state index < -0.39 is 51.2 Å². The molecule has 6 N–H and O–H groups in total. The van der Waals surface area contributed by atoms with Gasteiger partial charge in [0, 0.05) is 64.8 Å². The Labute approximate surface area is 558 Å². The number of allylic oxidation sites excluding steroid dienone is 10. The van der Waals surface area contributed by atoms with Crippen molar-refractivity contribution in [2.24, 2.45) is 97.1 Å². The highest BCUT2D eigenvalue weighted by Crippen LogP contribution is 2.89. The molecular formula is C87H100N2O5. The van der Waals surface area contributed by atoms with E-state index in [9.17, 15) is 20.4 Å². The van der Waals surface area contributed by atoms with Crippen LogP contribution in [-0.4, -0.2) is 51.7 Å². The molecule has 0 amide bonds. The Balaban J connectivity index is 0.854. The Morgan fingerprint density at radius 2 is 1.59 bits per heavy atom. The molecule has 20 atom stereocenters. The zero-order valence-corrected chi connectivity index (χ0v) is 55.5. The van der Waals surface area contributed by atoms with Gasteiger partial charge in [0.25, 0.3) is 0 Å². The summed E-state index contributed by atoms with van der Waals surface area (Å²) in [6.45, 7) is 1.52. The van der Waals surface area contributed by atoms with Crippen LogP contribution >= 0.6 is 0 Å². The summed E-state index contributed by atoms with van der Waals surface area (Å²) in [6, 6.07) is 30.2. The number of aliphatic hydroxyl groups excluding tert-OH is 3. The fraction of sp³-hybridized carbons (Fsp3) is 0.575. The summed E-state index contributed by atoms with van der Waals surface area (Å²) in [6.07, 6.45) is 47.4. The highest BCUT2D eigenvalue weighted by Gasteiger charge is 2.85. The standard InChI is InChI=1S/C87H100N2O5/c90-53-62-28-30-72(79(93)94)86-43-34-68-70(32-40-81(68)48-60-27-26-57(46-63(60)49-81)54-15-3-1-4-16-54)87-71(78(86)92)25-12-39-84(86,87)41-33-69-74(87)51-82-36-14-38-83-37-10-9-23-65(77-66-22-8-7-19-59(66)47-73(67(77)50-82)85(69,80(82)83)42-35-75(83)91)58-21-11-20-56(45-58)61-29-31-76(89-52-61)88-44-13-24-64(62)55-17-5-2-6-18-55/h1,3-4,7-8,11,14-16,19-22,29,31,34,36,43,45,47,50,53,55,57,60,63-65,68,70-73,75,78,80,88-92H,2,5-6,12-13,17-18,23-28,30,32-33,35,37-42,44,46,48-49,51-52H2,(H,93,94). The fourth-order valence-corrected chi connectivity index (χ4v) is 28.7. The van der Waals surface area contributed by atoms with Gasteiger partial charge in [-0.1, -0.05) is 158 Å². The summed E-state index contributed by atoms with van der Waals surface area (Å²) in [4.78, 5) is 15.5. The summed E-state index contributed by atoms with van der Waals surface area (Å²) >= 11 is 0. The van der Waals surface area contributed by atoms with Crippen LogP contribution in [0.2, 0.25) is 0 Å². The monoisotopic (exact) mass is 1250 g/mol. The van der Waals surface area contributed by atoms with E-state index in [1.165, 1.54) is 108 Å². The van der Waals surface area contributed by atoms with Crippen LogP contribution in [-0.2, 0) is 4.79 Å². The molecule has 488 valence electrons. The second kappa shape index (κ2) is 21.7. The van der Waals surface area contributed by atoms with Gasteiger partial charge < -0.3 is 31.1 Å². The SMILES string of the molecule is O=C(O)C1CCC(=CO)C(C2CCCCC2)CCCNC2=CC=C(CN2)c2cccc(c2)C2CC#CCC34CC=CC56C=C7C2=c2ccccc2=CC7C(CCC3O)(C2=C(C5)C35C7CCC8(CC9CCC(c%10ccccc%10)CC9C8)C7C=CC17C(O)C3CCCC75CC2)C64. The topological polar surface area (TPSA) is 122 Å². The van der Waals surface area contributed by atoms with Crippen LogP contribution in [0.3, 0.4) is 0 Å². The van der Waals surface area contributed by atoms with Gasteiger partial charge in [-0.2, -0.15) is 0 Å². The minimum absolute atomic E-state index is 0.00784. The van der Waals surface area contributed by atoms with Crippen molar-refractivity contribution in [1.82, 2.24) is 10.6 Å². The number of hydrogen-bond acceptors (Lipinski definition) is 6. The molecule has 18 bridgehead atoms. The predicted octanol–water partition coefficient (Wildman–Crippen LogP) is 16.0. The molecule has 7 nitrogen and oxygen atoms in total. The Kier molecular flexibility index (Phi) is 13.7. The Morgan fingerprint density at radius 3 is 2.45 bits per heavy atom. The largest absolute Gasteiger partial charge is 0.516 e. The van der Waals surface area contributed by atoms with E-state index >= 15 is 4.79 Å². The molecule has 7 fully saturated rings. The van der Waals surface area contributed by atoms with Crippen molar-refractivity contribution >= 4 is 23.2 Å². The summed E-state index contributed by atoms with van der Waals surface area (Å²) in [5.41, 5.74) is 9.56. The fourth-order valence-electron chi connectivity index (χ4n) is 28.7. The van der Waals surface area contributed by atoms with Crippen LogP contribution in [0, 0.1) is 109 Å². The molecule has 4 heterocycles. The van der Waals surface area contributed by atoms with E-state index in [2.05, 4.69) is 150 Å². The maximum absolute atomic E-state index is 15.5. The molecule has 0 saturated heterocycles.